The first kappa shape index (κ1) is 6.76. The molecule has 1 fully saturated rings. The molecule has 0 saturated carbocycles. The Morgan fingerprint density at radius 1 is 1.70 bits per heavy atom. The van der Waals surface area contributed by atoms with E-state index >= 15 is 0 Å². The van der Waals surface area contributed by atoms with E-state index in [0.717, 1.165) is 17.1 Å². The second-order valence-corrected chi connectivity index (χ2v) is 4.59. The molecule has 0 bridgehead atoms. The number of halogens is 1. The zero-order valence-electron chi connectivity index (χ0n) is 5.21. The van der Waals surface area contributed by atoms with Crippen LogP contribution in [0.1, 0.15) is 10.8 Å². The van der Waals surface area contributed by atoms with Crippen molar-refractivity contribution in [3.05, 3.63) is 15.0 Å². The maximum absolute atomic E-state index is 5.06. The topological polar surface area (TPSA) is 22.1 Å². The average Bonchev–Trinajstić information content (AvgIpc) is 2.10. The minimum atomic E-state index is 0.615. The third kappa shape index (κ3) is 1.11. The van der Waals surface area contributed by atoms with E-state index in [9.17, 15) is 0 Å². The van der Waals surface area contributed by atoms with E-state index in [1.807, 2.05) is 6.20 Å². The zero-order valence-corrected chi connectivity index (χ0v) is 7.61. The Balaban J connectivity index is 2.17. The molecule has 1 aliphatic heterocycles. The van der Waals surface area contributed by atoms with Crippen molar-refractivity contribution >= 4 is 27.3 Å². The molecule has 0 radical (unpaired) electrons. The van der Waals surface area contributed by atoms with Crippen LogP contribution in [0, 0.1) is 0 Å². The highest BCUT2D eigenvalue weighted by molar-refractivity contribution is 9.11. The van der Waals surface area contributed by atoms with Crippen LogP contribution >= 0.6 is 27.3 Å². The van der Waals surface area contributed by atoms with Gasteiger partial charge < -0.3 is 4.74 Å². The summed E-state index contributed by atoms with van der Waals surface area (Å²) in [5.74, 6) is 0.615. The lowest BCUT2D eigenvalue weighted by Crippen LogP contribution is -2.23. The number of thiazole rings is 1. The van der Waals surface area contributed by atoms with E-state index in [1.165, 1.54) is 4.88 Å². The van der Waals surface area contributed by atoms with E-state index in [-0.39, 0.29) is 0 Å². The van der Waals surface area contributed by atoms with Crippen LogP contribution in [0.15, 0.2) is 10.1 Å². The van der Waals surface area contributed by atoms with Gasteiger partial charge in [-0.3, -0.25) is 0 Å². The van der Waals surface area contributed by atoms with Crippen molar-refractivity contribution < 1.29 is 4.74 Å². The van der Waals surface area contributed by atoms with Gasteiger partial charge in [-0.1, -0.05) is 0 Å². The molecule has 4 heteroatoms. The van der Waals surface area contributed by atoms with E-state index in [2.05, 4.69) is 20.9 Å². The molecule has 54 valence electrons. The Labute approximate surface area is 71.4 Å². The lowest BCUT2D eigenvalue weighted by atomic mass is 10.1. The average molecular weight is 220 g/mol. The first-order valence-corrected chi connectivity index (χ1v) is 4.66. The van der Waals surface area contributed by atoms with Gasteiger partial charge in [0.05, 0.1) is 13.2 Å². The summed E-state index contributed by atoms with van der Waals surface area (Å²) < 4.78 is 6.03. The third-order valence-electron chi connectivity index (χ3n) is 1.54. The fourth-order valence-electron chi connectivity index (χ4n) is 0.853. The van der Waals surface area contributed by atoms with Crippen molar-refractivity contribution in [2.75, 3.05) is 13.2 Å². The molecule has 0 unspecified atom stereocenters. The number of ether oxygens (including phenoxy) is 1. The SMILES string of the molecule is Brc1ncc(C2COC2)s1. The summed E-state index contributed by atoms with van der Waals surface area (Å²) in [7, 11) is 0. The van der Waals surface area contributed by atoms with E-state index in [0.29, 0.717) is 5.92 Å². The van der Waals surface area contributed by atoms with Gasteiger partial charge in [0, 0.05) is 17.0 Å². The zero-order chi connectivity index (χ0) is 6.97. The highest BCUT2D eigenvalue weighted by atomic mass is 79.9. The number of nitrogens with zero attached hydrogens (tertiary/aromatic N) is 1. The normalized spacial score (nSPS) is 18.9. The van der Waals surface area contributed by atoms with E-state index in [4.69, 9.17) is 4.74 Å². The molecule has 10 heavy (non-hydrogen) atoms. The van der Waals surface area contributed by atoms with Gasteiger partial charge in [-0.2, -0.15) is 0 Å². The fourth-order valence-corrected chi connectivity index (χ4v) is 2.22. The second-order valence-electron chi connectivity index (χ2n) is 2.25. The Kier molecular flexibility index (Phi) is 1.76. The van der Waals surface area contributed by atoms with Gasteiger partial charge in [0.25, 0.3) is 0 Å². The molecule has 0 atom stereocenters. The molecular weight excluding hydrogens is 214 g/mol. The molecule has 1 saturated heterocycles. The Bertz CT molecular complexity index is 233. The molecule has 2 rings (SSSR count). The quantitative estimate of drug-likeness (QED) is 0.722. The predicted molar refractivity (Wildman–Crippen MR) is 43.4 cm³/mol. The van der Waals surface area contributed by atoms with Crippen LogP contribution in [-0.2, 0) is 4.74 Å². The van der Waals surface area contributed by atoms with Crippen LogP contribution in [0.3, 0.4) is 0 Å². The van der Waals surface area contributed by atoms with Crippen LogP contribution in [0.2, 0.25) is 0 Å². The number of rotatable bonds is 1. The van der Waals surface area contributed by atoms with Crippen LogP contribution in [0.4, 0.5) is 0 Å². The van der Waals surface area contributed by atoms with Crippen molar-refractivity contribution in [1.29, 1.82) is 0 Å². The number of aromatic nitrogens is 1. The van der Waals surface area contributed by atoms with Gasteiger partial charge in [0.1, 0.15) is 0 Å². The Hall–Kier alpha value is 0.0700. The van der Waals surface area contributed by atoms with Crippen molar-refractivity contribution in [1.82, 2.24) is 4.98 Å². The molecule has 1 aliphatic rings. The largest absolute Gasteiger partial charge is 0.380 e. The minimum Gasteiger partial charge on any atom is -0.380 e. The Morgan fingerprint density at radius 2 is 2.50 bits per heavy atom. The maximum Gasteiger partial charge on any atom is 0.159 e. The highest BCUT2D eigenvalue weighted by Gasteiger charge is 2.22. The molecule has 0 aliphatic carbocycles. The van der Waals surface area contributed by atoms with Crippen LogP contribution in [-0.4, -0.2) is 18.2 Å². The number of hydrogen-bond donors (Lipinski definition) is 0. The van der Waals surface area contributed by atoms with Crippen molar-refractivity contribution in [3.63, 3.8) is 0 Å². The fraction of sp³-hybridized carbons (Fsp3) is 0.500. The molecule has 0 amide bonds. The first-order chi connectivity index (χ1) is 4.86. The van der Waals surface area contributed by atoms with E-state index < -0.39 is 0 Å². The molecule has 2 heterocycles. The molecule has 0 N–H and O–H groups in total. The lowest BCUT2D eigenvalue weighted by molar-refractivity contribution is 0.00979. The minimum absolute atomic E-state index is 0.615. The van der Waals surface area contributed by atoms with Gasteiger partial charge in [-0.05, 0) is 15.9 Å². The van der Waals surface area contributed by atoms with Crippen molar-refractivity contribution in [3.8, 4) is 0 Å². The predicted octanol–water partition coefficient (Wildman–Crippen LogP) is 2.02. The second kappa shape index (κ2) is 2.60. The molecule has 2 nitrogen and oxygen atoms in total. The molecule has 0 aromatic carbocycles. The smallest absolute Gasteiger partial charge is 0.159 e. The monoisotopic (exact) mass is 219 g/mol. The van der Waals surface area contributed by atoms with Gasteiger partial charge in [0.15, 0.2) is 3.92 Å². The van der Waals surface area contributed by atoms with Gasteiger partial charge in [-0.25, -0.2) is 4.98 Å². The van der Waals surface area contributed by atoms with Gasteiger partial charge in [-0.15, -0.1) is 11.3 Å². The number of hydrogen-bond acceptors (Lipinski definition) is 3. The molecular formula is C6H6BrNOS. The summed E-state index contributed by atoms with van der Waals surface area (Å²) in [5.41, 5.74) is 0. The molecule has 1 aromatic heterocycles. The summed E-state index contributed by atoms with van der Waals surface area (Å²) in [6.45, 7) is 1.74. The summed E-state index contributed by atoms with van der Waals surface area (Å²) >= 11 is 5.02. The van der Waals surface area contributed by atoms with Gasteiger partial charge >= 0.3 is 0 Å². The lowest BCUT2D eigenvalue weighted by Gasteiger charge is -2.23. The summed E-state index contributed by atoms with van der Waals surface area (Å²) in [4.78, 5) is 5.43. The maximum atomic E-state index is 5.06. The standard InChI is InChI=1S/C6H6BrNOS/c7-6-8-1-5(10-6)4-2-9-3-4/h1,4H,2-3H2. The molecule has 0 spiro atoms. The third-order valence-corrected chi connectivity index (χ3v) is 3.17. The van der Waals surface area contributed by atoms with Crippen LogP contribution in [0.25, 0.3) is 0 Å². The van der Waals surface area contributed by atoms with Crippen molar-refractivity contribution in [2.45, 2.75) is 5.92 Å². The first-order valence-electron chi connectivity index (χ1n) is 3.05. The van der Waals surface area contributed by atoms with Crippen LogP contribution < -0.4 is 0 Å². The van der Waals surface area contributed by atoms with Crippen LogP contribution in [0.5, 0.6) is 0 Å². The van der Waals surface area contributed by atoms with Crippen molar-refractivity contribution in [2.24, 2.45) is 0 Å². The summed E-state index contributed by atoms with van der Waals surface area (Å²) in [5, 5.41) is 0. The summed E-state index contributed by atoms with van der Waals surface area (Å²) in [6.07, 6.45) is 1.92. The van der Waals surface area contributed by atoms with Gasteiger partial charge in [0.2, 0.25) is 0 Å². The Morgan fingerprint density at radius 3 is 2.90 bits per heavy atom. The highest BCUT2D eigenvalue weighted by Crippen LogP contribution is 2.30. The summed E-state index contributed by atoms with van der Waals surface area (Å²) in [6, 6.07) is 0. The molecule has 1 aromatic rings. The van der Waals surface area contributed by atoms with E-state index in [1.54, 1.807) is 11.3 Å².